The van der Waals surface area contributed by atoms with Gasteiger partial charge in [-0.05, 0) is 82.9 Å². The van der Waals surface area contributed by atoms with Crippen molar-refractivity contribution in [3.05, 3.63) is 58.0 Å². The Kier molecular flexibility index (Phi) is 6.80. The molecule has 186 valence electrons. The molecule has 1 aliphatic rings. The van der Waals surface area contributed by atoms with Gasteiger partial charge in [0, 0.05) is 30.4 Å². The molecule has 0 spiro atoms. The largest absolute Gasteiger partial charge is 0.444 e. The van der Waals surface area contributed by atoms with Crippen molar-refractivity contribution >= 4 is 34.7 Å². The maximum absolute atomic E-state index is 12.9. The van der Waals surface area contributed by atoms with E-state index in [2.05, 4.69) is 26.6 Å². The van der Waals surface area contributed by atoms with Crippen LogP contribution in [0.15, 0.2) is 30.0 Å². The molecule has 2 N–H and O–H groups in total. The highest BCUT2D eigenvalue weighted by atomic mass is 16.6. The Bertz CT molecular complexity index is 1400. The van der Waals surface area contributed by atoms with Gasteiger partial charge in [-0.2, -0.15) is 10.4 Å². The van der Waals surface area contributed by atoms with Gasteiger partial charge in [-0.1, -0.05) is 5.57 Å². The minimum absolute atomic E-state index is 0.283. The number of H-pyrrole nitrogens is 1. The number of aromatic nitrogens is 3. The van der Waals surface area contributed by atoms with E-state index < -0.39 is 5.60 Å². The van der Waals surface area contributed by atoms with E-state index in [4.69, 9.17) is 4.74 Å². The lowest BCUT2D eigenvalue weighted by atomic mass is 10.0. The third-order valence-electron chi connectivity index (χ3n) is 6.23. The second-order valence-electron chi connectivity index (χ2n) is 9.98. The zero-order valence-electron chi connectivity index (χ0n) is 21.2. The molecular weight excluding hydrogens is 456 g/mol. The average molecular weight is 487 g/mol. The van der Waals surface area contributed by atoms with Crippen molar-refractivity contribution in [2.45, 2.75) is 53.1 Å². The summed E-state index contributed by atoms with van der Waals surface area (Å²) in [6.07, 6.45) is 4.68. The molecule has 0 unspecified atom stereocenters. The number of nitriles is 1. The van der Waals surface area contributed by atoms with Crippen LogP contribution in [0.5, 0.6) is 0 Å². The number of hydrogen-bond acceptors (Lipinski definition) is 6. The van der Waals surface area contributed by atoms with Crippen LogP contribution in [0.4, 0.5) is 10.5 Å². The molecule has 1 fully saturated rings. The predicted octanol–water partition coefficient (Wildman–Crippen LogP) is 5.11. The van der Waals surface area contributed by atoms with Crippen LogP contribution in [-0.2, 0) is 4.74 Å². The highest BCUT2D eigenvalue weighted by Crippen LogP contribution is 2.26. The fourth-order valence-corrected chi connectivity index (χ4v) is 4.10. The summed E-state index contributed by atoms with van der Waals surface area (Å²) in [5.74, 6) is -0.336. The Morgan fingerprint density at radius 2 is 1.92 bits per heavy atom. The number of nitrogens with zero attached hydrogens (tertiary/aromatic N) is 4. The molecule has 1 aliphatic heterocycles. The first-order chi connectivity index (χ1) is 17.1. The molecule has 4 rings (SSSR count). The van der Waals surface area contributed by atoms with Crippen LogP contribution in [0.1, 0.15) is 66.5 Å². The summed E-state index contributed by atoms with van der Waals surface area (Å²) in [6.45, 7) is 10.4. The van der Waals surface area contributed by atoms with Crippen LogP contribution in [0, 0.1) is 25.2 Å². The van der Waals surface area contributed by atoms with E-state index in [1.807, 2.05) is 45.9 Å². The second kappa shape index (κ2) is 9.82. The van der Waals surface area contributed by atoms with Crippen LogP contribution in [0.2, 0.25) is 0 Å². The summed E-state index contributed by atoms with van der Waals surface area (Å²) in [4.78, 5) is 31.2. The molecule has 9 nitrogen and oxygen atoms in total. The standard InChI is InChI=1S/C27H30N6O3/c1-16-17(2)24(29-15-19(16)14-28)25(34)30-20-6-7-22-21(13-20)23(32-31-22)12-18-8-10-33(11-9-18)26(35)36-27(3,4)5/h6-7,12-13,15H,8-11H2,1-5H3,(H,30,34)(H,31,32). The van der Waals surface area contributed by atoms with Crippen LogP contribution in [0.25, 0.3) is 17.0 Å². The van der Waals surface area contributed by atoms with Gasteiger partial charge in [0.2, 0.25) is 0 Å². The first kappa shape index (κ1) is 24.9. The molecule has 0 atom stereocenters. The number of likely N-dealkylation sites (tertiary alicyclic amines) is 1. The summed E-state index contributed by atoms with van der Waals surface area (Å²) in [5.41, 5.74) is 5.12. The number of aromatic amines is 1. The molecule has 1 saturated heterocycles. The fourth-order valence-electron chi connectivity index (χ4n) is 4.10. The Morgan fingerprint density at radius 3 is 2.58 bits per heavy atom. The van der Waals surface area contributed by atoms with Crippen LogP contribution in [0.3, 0.4) is 0 Å². The number of benzene rings is 1. The number of piperidine rings is 1. The van der Waals surface area contributed by atoms with E-state index in [0.29, 0.717) is 29.9 Å². The molecule has 0 aliphatic carbocycles. The third kappa shape index (κ3) is 5.38. The lowest BCUT2D eigenvalue weighted by molar-refractivity contribution is 0.0236. The topological polar surface area (TPSA) is 124 Å². The number of hydrogen-bond donors (Lipinski definition) is 2. The lowest BCUT2D eigenvalue weighted by Gasteiger charge is -2.30. The Morgan fingerprint density at radius 1 is 1.19 bits per heavy atom. The zero-order chi connectivity index (χ0) is 26.0. The smallest absolute Gasteiger partial charge is 0.410 e. The minimum atomic E-state index is -0.512. The fraction of sp³-hybridized carbons (Fsp3) is 0.370. The number of anilines is 1. The molecule has 0 radical (unpaired) electrons. The van der Waals surface area contributed by atoms with E-state index in [0.717, 1.165) is 35.0 Å². The van der Waals surface area contributed by atoms with Gasteiger partial charge in [0.25, 0.3) is 5.91 Å². The van der Waals surface area contributed by atoms with E-state index in [1.165, 1.54) is 11.8 Å². The lowest BCUT2D eigenvalue weighted by Crippen LogP contribution is -2.40. The second-order valence-corrected chi connectivity index (χ2v) is 9.98. The average Bonchev–Trinajstić information content (AvgIpc) is 3.22. The molecule has 36 heavy (non-hydrogen) atoms. The normalized spacial score (nSPS) is 13.9. The van der Waals surface area contributed by atoms with E-state index in [-0.39, 0.29) is 17.7 Å². The predicted molar refractivity (Wildman–Crippen MR) is 137 cm³/mol. The number of carbonyl (C=O) groups is 2. The molecule has 2 aromatic heterocycles. The summed E-state index contributed by atoms with van der Waals surface area (Å²) < 4.78 is 5.48. The van der Waals surface area contributed by atoms with Crippen molar-refractivity contribution in [2.24, 2.45) is 0 Å². The van der Waals surface area contributed by atoms with Gasteiger partial charge in [-0.15, -0.1) is 0 Å². The van der Waals surface area contributed by atoms with Crippen molar-refractivity contribution in [1.82, 2.24) is 20.1 Å². The molecule has 1 aromatic carbocycles. The summed E-state index contributed by atoms with van der Waals surface area (Å²) >= 11 is 0. The van der Waals surface area contributed by atoms with Crippen LogP contribution < -0.4 is 5.32 Å². The first-order valence-corrected chi connectivity index (χ1v) is 11.9. The zero-order valence-corrected chi connectivity index (χ0v) is 21.2. The number of fused-ring (bicyclic) bond motifs is 1. The van der Waals surface area contributed by atoms with Crippen LogP contribution in [-0.4, -0.2) is 50.8 Å². The number of pyridine rings is 1. The first-order valence-electron chi connectivity index (χ1n) is 11.9. The number of carbonyl (C=O) groups excluding carboxylic acids is 2. The van der Waals surface area contributed by atoms with Gasteiger partial charge >= 0.3 is 6.09 Å². The van der Waals surface area contributed by atoms with Gasteiger partial charge in [0.1, 0.15) is 17.4 Å². The highest BCUT2D eigenvalue weighted by Gasteiger charge is 2.25. The maximum atomic E-state index is 12.9. The van der Waals surface area contributed by atoms with Gasteiger partial charge in [-0.3, -0.25) is 9.89 Å². The Labute approximate surface area is 210 Å². The molecule has 2 amide bonds. The summed E-state index contributed by atoms with van der Waals surface area (Å²) in [7, 11) is 0. The number of nitrogens with one attached hydrogen (secondary N) is 2. The number of amides is 2. The molecule has 0 saturated carbocycles. The van der Waals surface area contributed by atoms with E-state index in [1.54, 1.807) is 17.9 Å². The van der Waals surface area contributed by atoms with Gasteiger partial charge in [0.15, 0.2) is 0 Å². The van der Waals surface area contributed by atoms with Gasteiger partial charge in [-0.25, -0.2) is 9.78 Å². The minimum Gasteiger partial charge on any atom is -0.444 e. The van der Waals surface area contributed by atoms with Crippen LogP contribution >= 0.6 is 0 Å². The number of rotatable bonds is 3. The quantitative estimate of drug-likeness (QED) is 0.530. The van der Waals surface area contributed by atoms with Crippen molar-refractivity contribution < 1.29 is 14.3 Å². The summed E-state index contributed by atoms with van der Waals surface area (Å²) in [6, 6.07) is 7.65. The molecule has 0 bridgehead atoms. The highest BCUT2D eigenvalue weighted by molar-refractivity contribution is 6.05. The van der Waals surface area contributed by atoms with Crippen molar-refractivity contribution in [3.8, 4) is 6.07 Å². The van der Waals surface area contributed by atoms with Crippen molar-refractivity contribution in [3.63, 3.8) is 0 Å². The SMILES string of the molecule is Cc1c(C#N)cnc(C(=O)Nc2ccc3[nH]nc(C=C4CCN(C(=O)OC(C)(C)C)CC4)c3c2)c1C. The van der Waals surface area contributed by atoms with Gasteiger partial charge < -0.3 is 15.0 Å². The molecule has 9 heteroatoms. The third-order valence-corrected chi connectivity index (χ3v) is 6.23. The Hall–Kier alpha value is -4.19. The van der Waals surface area contributed by atoms with Crippen molar-refractivity contribution in [1.29, 1.82) is 5.26 Å². The maximum Gasteiger partial charge on any atom is 0.410 e. The molecular formula is C27H30N6O3. The van der Waals surface area contributed by atoms with Gasteiger partial charge in [0.05, 0.1) is 16.8 Å². The monoisotopic (exact) mass is 486 g/mol. The van der Waals surface area contributed by atoms with E-state index in [9.17, 15) is 14.9 Å². The molecule has 3 heterocycles. The Balaban J connectivity index is 1.49. The summed E-state index contributed by atoms with van der Waals surface area (Å²) in [5, 5.41) is 20.5. The van der Waals surface area contributed by atoms with E-state index >= 15 is 0 Å². The molecule has 3 aromatic rings. The van der Waals surface area contributed by atoms with Crippen molar-refractivity contribution in [2.75, 3.05) is 18.4 Å². The number of ether oxygens (including phenoxy) is 1.